The van der Waals surface area contributed by atoms with Crippen molar-refractivity contribution in [2.75, 3.05) is 11.9 Å². The third kappa shape index (κ3) is 2.37. The molecule has 6 nitrogen and oxygen atoms in total. The lowest BCUT2D eigenvalue weighted by atomic mass is 9.76. The molecule has 4 atom stereocenters. The molecule has 0 aromatic heterocycles. The van der Waals surface area contributed by atoms with Gasteiger partial charge in [0.1, 0.15) is 5.54 Å². The Kier molecular flexibility index (Phi) is 4.12. The molecule has 3 aliphatic rings. The van der Waals surface area contributed by atoms with Crippen molar-refractivity contribution in [3.05, 3.63) is 64.7 Å². The summed E-state index contributed by atoms with van der Waals surface area (Å²) < 4.78 is 0. The standard InChI is InChI=1S/C24H25N3O3/c1-13-9-10-17-20(14(13)2)25-23(30)24(17)19-18(15(3)26-24)21(28)27(22(19)29)12-11-16-7-5-4-6-8-16/h4-10,15,18-19,26H,11-12H2,1-3H3,(H,25,30)/t15-,18-,19+,24+/m1/s1. The number of aryl methyl sites for hydroxylation is 1. The van der Waals surface area contributed by atoms with Gasteiger partial charge in [-0.25, -0.2) is 0 Å². The number of rotatable bonds is 3. The fourth-order valence-electron chi connectivity index (χ4n) is 5.45. The lowest BCUT2D eigenvalue weighted by Gasteiger charge is -2.29. The number of carbonyl (C=O) groups excluding carboxylic acids is 3. The fourth-order valence-corrected chi connectivity index (χ4v) is 5.45. The second-order valence-corrected chi connectivity index (χ2v) is 8.69. The van der Waals surface area contributed by atoms with E-state index in [2.05, 4.69) is 10.6 Å². The monoisotopic (exact) mass is 403 g/mol. The zero-order chi connectivity index (χ0) is 21.2. The number of imide groups is 1. The Bertz CT molecular complexity index is 1080. The van der Waals surface area contributed by atoms with Crippen molar-refractivity contribution < 1.29 is 14.4 Å². The summed E-state index contributed by atoms with van der Waals surface area (Å²) in [6.45, 7) is 6.19. The van der Waals surface area contributed by atoms with Crippen LogP contribution < -0.4 is 10.6 Å². The van der Waals surface area contributed by atoms with Crippen LogP contribution in [0.2, 0.25) is 0 Å². The van der Waals surface area contributed by atoms with E-state index in [0.29, 0.717) is 13.0 Å². The van der Waals surface area contributed by atoms with Crippen LogP contribution in [0.4, 0.5) is 5.69 Å². The van der Waals surface area contributed by atoms with Crippen LogP contribution in [0, 0.1) is 25.7 Å². The van der Waals surface area contributed by atoms with E-state index in [1.165, 1.54) is 4.90 Å². The molecule has 2 fully saturated rings. The van der Waals surface area contributed by atoms with Gasteiger partial charge >= 0.3 is 0 Å². The summed E-state index contributed by atoms with van der Waals surface area (Å²) in [6, 6.07) is 13.4. The van der Waals surface area contributed by atoms with Gasteiger partial charge < -0.3 is 5.32 Å². The third-order valence-electron chi connectivity index (χ3n) is 7.13. The zero-order valence-corrected chi connectivity index (χ0v) is 17.4. The van der Waals surface area contributed by atoms with Crippen LogP contribution in [0.25, 0.3) is 0 Å². The minimum atomic E-state index is -1.19. The number of nitrogens with zero attached hydrogens (tertiary/aromatic N) is 1. The smallest absolute Gasteiger partial charge is 0.250 e. The molecule has 3 amide bonds. The van der Waals surface area contributed by atoms with E-state index in [0.717, 1.165) is 27.9 Å². The summed E-state index contributed by atoms with van der Waals surface area (Å²) in [5.74, 6) is -1.93. The molecule has 2 aromatic rings. The van der Waals surface area contributed by atoms with Gasteiger partial charge in [-0.05, 0) is 43.9 Å². The van der Waals surface area contributed by atoms with Gasteiger partial charge in [-0.3, -0.25) is 24.6 Å². The highest BCUT2D eigenvalue weighted by molar-refractivity contribution is 6.15. The van der Waals surface area contributed by atoms with Gasteiger partial charge in [0.2, 0.25) is 17.7 Å². The molecule has 0 aliphatic carbocycles. The molecule has 2 saturated heterocycles. The second kappa shape index (κ2) is 6.51. The Hall–Kier alpha value is -2.99. The van der Waals surface area contributed by atoms with E-state index in [1.54, 1.807) is 0 Å². The molecule has 0 unspecified atom stereocenters. The molecular weight excluding hydrogens is 378 g/mol. The fraction of sp³-hybridized carbons (Fsp3) is 0.375. The molecule has 154 valence electrons. The molecule has 5 rings (SSSR count). The van der Waals surface area contributed by atoms with Crippen LogP contribution in [0.3, 0.4) is 0 Å². The van der Waals surface area contributed by atoms with Crippen molar-refractivity contribution in [3.63, 3.8) is 0 Å². The largest absolute Gasteiger partial charge is 0.324 e. The van der Waals surface area contributed by atoms with Gasteiger partial charge in [0.15, 0.2) is 0 Å². The first-order valence-corrected chi connectivity index (χ1v) is 10.4. The molecule has 3 heterocycles. The lowest BCUT2D eigenvalue weighted by molar-refractivity contribution is -0.142. The maximum atomic E-state index is 13.5. The van der Waals surface area contributed by atoms with Crippen molar-refractivity contribution in [2.45, 2.75) is 38.8 Å². The molecule has 1 spiro atoms. The number of likely N-dealkylation sites (tertiary alicyclic amines) is 1. The third-order valence-corrected chi connectivity index (χ3v) is 7.13. The SMILES string of the molecule is Cc1ccc2c(c1C)NC(=O)[C@]21N[C@H](C)[C@H]2C(=O)N(CCc3ccccc3)C(=O)[C@H]21. The Balaban J connectivity index is 1.53. The van der Waals surface area contributed by atoms with Crippen LogP contribution in [-0.2, 0) is 26.3 Å². The highest BCUT2D eigenvalue weighted by atomic mass is 16.2. The maximum absolute atomic E-state index is 13.5. The average Bonchev–Trinajstić information content (AvgIpc) is 3.29. The number of hydrogen-bond acceptors (Lipinski definition) is 4. The number of anilines is 1. The maximum Gasteiger partial charge on any atom is 0.250 e. The van der Waals surface area contributed by atoms with Crippen LogP contribution >= 0.6 is 0 Å². The first-order chi connectivity index (χ1) is 14.4. The molecule has 30 heavy (non-hydrogen) atoms. The van der Waals surface area contributed by atoms with Gasteiger partial charge in [-0.2, -0.15) is 0 Å². The average molecular weight is 403 g/mol. The molecule has 0 radical (unpaired) electrons. The van der Waals surface area contributed by atoms with E-state index < -0.39 is 17.4 Å². The summed E-state index contributed by atoms with van der Waals surface area (Å²) in [6.07, 6.45) is 0.605. The minimum absolute atomic E-state index is 0.178. The van der Waals surface area contributed by atoms with Gasteiger partial charge in [0.05, 0.1) is 11.8 Å². The van der Waals surface area contributed by atoms with E-state index >= 15 is 0 Å². The Morgan fingerprint density at radius 1 is 1.00 bits per heavy atom. The van der Waals surface area contributed by atoms with Crippen molar-refractivity contribution in [1.82, 2.24) is 10.2 Å². The van der Waals surface area contributed by atoms with Crippen LogP contribution in [0.1, 0.15) is 29.2 Å². The zero-order valence-electron chi connectivity index (χ0n) is 17.4. The van der Waals surface area contributed by atoms with Gasteiger partial charge in [0, 0.05) is 23.8 Å². The van der Waals surface area contributed by atoms with E-state index in [9.17, 15) is 14.4 Å². The second-order valence-electron chi connectivity index (χ2n) is 8.69. The Morgan fingerprint density at radius 2 is 1.73 bits per heavy atom. The van der Waals surface area contributed by atoms with Gasteiger partial charge in [-0.1, -0.05) is 42.5 Å². The highest BCUT2D eigenvalue weighted by Gasteiger charge is 2.69. The van der Waals surface area contributed by atoms with E-state index in [1.807, 2.05) is 63.2 Å². The molecule has 6 heteroatoms. The summed E-state index contributed by atoms with van der Waals surface area (Å²) >= 11 is 0. The van der Waals surface area contributed by atoms with Gasteiger partial charge in [-0.15, -0.1) is 0 Å². The van der Waals surface area contributed by atoms with Crippen molar-refractivity contribution >= 4 is 23.4 Å². The van der Waals surface area contributed by atoms with Crippen LogP contribution in [-0.4, -0.2) is 35.2 Å². The van der Waals surface area contributed by atoms with Crippen LogP contribution in [0.15, 0.2) is 42.5 Å². The van der Waals surface area contributed by atoms with Crippen molar-refractivity contribution in [3.8, 4) is 0 Å². The number of fused-ring (bicyclic) bond motifs is 4. The summed E-state index contributed by atoms with van der Waals surface area (Å²) in [4.78, 5) is 41.4. The molecule has 2 aromatic carbocycles. The van der Waals surface area contributed by atoms with Gasteiger partial charge in [0.25, 0.3) is 0 Å². The normalized spacial score (nSPS) is 29.5. The van der Waals surface area contributed by atoms with E-state index in [-0.39, 0.29) is 23.8 Å². The number of amides is 3. The lowest BCUT2D eigenvalue weighted by Crippen LogP contribution is -2.53. The number of carbonyl (C=O) groups is 3. The quantitative estimate of drug-likeness (QED) is 0.771. The summed E-state index contributed by atoms with van der Waals surface area (Å²) in [5, 5.41) is 6.36. The van der Waals surface area contributed by atoms with Crippen molar-refractivity contribution in [1.29, 1.82) is 0 Å². The number of hydrogen-bond donors (Lipinski definition) is 2. The Morgan fingerprint density at radius 3 is 2.47 bits per heavy atom. The molecule has 3 aliphatic heterocycles. The van der Waals surface area contributed by atoms with Crippen molar-refractivity contribution in [2.24, 2.45) is 11.8 Å². The molecule has 2 N–H and O–H groups in total. The van der Waals surface area contributed by atoms with Crippen LogP contribution in [0.5, 0.6) is 0 Å². The first kappa shape index (κ1) is 19.0. The molecular formula is C24H25N3O3. The summed E-state index contributed by atoms with van der Waals surface area (Å²) in [7, 11) is 0. The number of benzene rings is 2. The first-order valence-electron chi connectivity index (χ1n) is 10.4. The minimum Gasteiger partial charge on any atom is -0.324 e. The predicted molar refractivity (Wildman–Crippen MR) is 113 cm³/mol. The predicted octanol–water partition coefficient (Wildman–Crippen LogP) is 2.29. The molecule has 0 bridgehead atoms. The van der Waals surface area contributed by atoms with E-state index in [4.69, 9.17) is 0 Å². The molecule has 0 saturated carbocycles. The number of nitrogens with one attached hydrogen (secondary N) is 2. The topological polar surface area (TPSA) is 78.5 Å². The highest BCUT2D eigenvalue weighted by Crippen LogP contribution is 2.53. The summed E-state index contributed by atoms with van der Waals surface area (Å²) in [5.41, 5.74) is 3.50. The Labute approximate surface area is 175 Å².